The van der Waals surface area contributed by atoms with Crippen molar-refractivity contribution < 1.29 is 23.5 Å². The molecule has 0 unspecified atom stereocenters. The number of fused-ring (bicyclic) bond motifs is 1. The van der Waals surface area contributed by atoms with Crippen LogP contribution < -0.4 is 14.8 Å². The third-order valence-electron chi connectivity index (χ3n) is 6.91. The Morgan fingerprint density at radius 3 is 2.55 bits per heavy atom. The first kappa shape index (κ1) is 27.9. The number of amides is 2. The number of hydrogen-bond donors (Lipinski definition) is 1. The Morgan fingerprint density at radius 1 is 1.00 bits per heavy atom. The van der Waals surface area contributed by atoms with Gasteiger partial charge in [-0.1, -0.05) is 24.3 Å². The largest absolute Gasteiger partial charge is 0.490 e. The van der Waals surface area contributed by atoms with Crippen LogP contribution in [-0.2, 0) is 22.7 Å². The Morgan fingerprint density at radius 2 is 1.79 bits per heavy atom. The van der Waals surface area contributed by atoms with E-state index in [1.54, 1.807) is 12.1 Å². The Kier molecular flexibility index (Phi) is 10.3. The average Bonchev–Trinajstić information content (AvgIpc) is 2.92. The van der Waals surface area contributed by atoms with Crippen molar-refractivity contribution in [3.05, 3.63) is 59.4 Å². The number of carbonyl (C=O) groups is 2. The van der Waals surface area contributed by atoms with Crippen LogP contribution in [0.3, 0.4) is 0 Å². The first-order chi connectivity index (χ1) is 18.5. The van der Waals surface area contributed by atoms with Crippen molar-refractivity contribution >= 4 is 11.8 Å². The molecule has 1 fully saturated rings. The van der Waals surface area contributed by atoms with Crippen molar-refractivity contribution in [2.45, 2.75) is 39.3 Å². The van der Waals surface area contributed by atoms with Gasteiger partial charge in [0.2, 0.25) is 11.8 Å². The van der Waals surface area contributed by atoms with E-state index < -0.39 is 0 Å². The molecule has 0 aliphatic carbocycles. The van der Waals surface area contributed by atoms with Gasteiger partial charge in [-0.2, -0.15) is 0 Å². The number of benzene rings is 2. The Bertz CT molecular complexity index is 1060. The van der Waals surface area contributed by atoms with Crippen molar-refractivity contribution in [2.24, 2.45) is 0 Å². The van der Waals surface area contributed by atoms with Gasteiger partial charge in [0.25, 0.3) is 0 Å². The van der Waals surface area contributed by atoms with Gasteiger partial charge in [0.1, 0.15) is 5.82 Å². The number of halogens is 1. The van der Waals surface area contributed by atoms with E-state index in [1.807, 2.05) is 34.9 Å². The van der Waals surface area contributed by atoms with Gasteiger partial charge in [0, 0.05) is 51.4 Å². The van der Waals surface area contributed by atoms with Gasteiger partial charge in [-0.05, 0) is 49.9 Å². The summed E-state index contributed by atoms with van der Waals surface area (Å²) in [6.07, 6.45) is 2.74. The lowest BCUT2D eigenvalue weighted by molar-refractivity contribution is -0.135. The van der Waals surface area contributed by atoms with E-state index in [2.05, 4.69) is 10.2 Å². The molecule has 0 bridgehead atoms. The fourth-order valence-electron chi connectivity index (χ4n) is 4.89. The zero-order chi connectivity index (χ0) is 26.7. The molecular formula is C29H39FN4O4. The number of carbonyl (C=O) groups excluding carboxylic acids is 2. The fraction of sp³-hybridized carbons (Fsp3) is 0.517. The summed E-state index contributed by atoms with van der Waals surface area (Å²) in [5.74, 6) is 1.07. The summed E-state index contributed by atoms with van der Waals surface area (Å²) in [6, 6.07) is 12.3. The van der Waals surface area contributed by atoms with Gasteiger partial charge < -0.3 is 19.7 Å². The van der Waals surface area contributed by atoms with E-state index in [1.165, 1.54) is 12.1 Å². The summed E-state index contributed by atoms with van der Waals surface area (Å²) in [7, 11) is 0. The van der Waals surface area contributed by atoms with Gasteiger partial charge in [-0.25, -0.2) is 4.39 Å². The summed E-state index contributed by atoms with van der Waals surface area (Å²) in [6.45, 7) is 7.80. The molecule has 9 heteroatoms. The van der Waals surface area contributed by atoms with Crippen LogP contribution in [0, 0.1) is 5.82 Å². The van der Waals surface area contributed by atoms with Crippen molar-refractivity contribution in [2.75, 3.05) is 59.0 Å². The molecule has 206 valence electrons. The molecule has 2 aliphatic rings. The van der Waals surface area contributed by atoms with E-state index in [9.17, 15) is 14.0 Å². The van der Waals surface area contributed by atoms with Crippen LogP contribution in [0.5, 0.6) is 11.5 Å². The van der Waals surface area contributed by atoms with Gasteiger partial charge in [0.05, 0.1) is 26.3 Å². The van der Waals surface area contributed by atoms with Crippen LogP contribution >= 0.6 is 0 Å². The summed E-state index contributed by atoms with van der Waals surface area (Å²) < 4.78 is 25.2. The first-order valence-electron chi connectivity index (χ1n) is 13.6. The molecule has 0 aromatic heterocycles. The summed E-state index contributed by atoms with van der Waals surface area (Å²) in [4.78, 5) is 32.1. The standard InChI is InChI=1S/C29H39FN4O4/c1-2-37-26-8-6-7-24-20-33(21-27(35)31-13-4-3-5-18-38-29(24)26)22-28(36)34-16-14-32(15-17-34)19-23-9-11-25(30)12-10-23/h6-12H,2-5,13-22H2,1H3,(H,31,35). The highest BCUT2D eigenvalue weighted by Crippen LogP contribution is 2.32. The number of rotatable bonds is 6. The minimum Gasteiger partial charge on any atom is -0.490 e. The molecule has 1 N–H and O–H groups in total. The number of ether oxygens (including phenoxy) is 2. The molecule has 1 saturated heterocycles. The van der Waals surface area contributed by atoms with E-state index in [-0.39, 0.29) is 30.7 Å². The molecular weight excluding hydrogens is 487 g/mol. The first-order valence-corrected chi connectivity index (χ1v) is 13.6. The van der Waals surface area contributed by atoms with Crippen LogP contribution in [0.2, 0.25) is 0 Å². The zero-order valence-electron chi connectivity index (χ0n) is 22.3. The lowest BCUT2D eigenvalue weighted by Crippen LogP contribution is -2.51. The molecule has 2 aromatic carbocycles. The third-order valence-corrected chi connectivity index (χ3v) is 6.91. The average molecular weight is 527 g/mol. The predicted molar refractivity (Wildman–Crippen MR) is 144 cm³/mol. The van der Waals surface area contributed by atoms with Gasteiger partial charge in [-0.3, -0.25) is 19.4 Å². The molecule has 0 saturated carbocycles. The molecule has 2 amide bonds. The van der Waals surface area contributed by atoms with Crippen molar-refractivity contribution in [1.29, 1.82) is 0 Å². The van der Waals surface area contributed by atoms with Gasteiger partial charge >= 0.3 is 0 Å². The number of para-hydroxylation sites is 1. The maximum absolute atomic E-state index is 13.3. The molecule has 2 aliphatic heterocycles. The predicted octanol–water partition coefficient (Wildman–Crippen LogP) is 3.05. The maximum atomic E-state index is 13.3. The monoisotopic (exact) mass is 526 g/mol. The SMILES string of the molecule is CCOc1cccc2c1OCCCCCNC(=O)CN(CC(=O)N1CCN(Cc3ccc(F)cc3)CC1)C2. The molecule has 38 heavy (non-hydrogen) atoms. The molecule has 0 atom stereocenters. The quantitative estimate of drug-likeness (QED) is 0.624. The van der Waals surface area contributed by atoms with Crippen LogP contribution in [0.1, 0.15) is 37.3 Å². The number of nitrogens with one attached hydrogen (secondary N) is 1. The lowest BCUT2D eigenvalue weighted by Gasteiger charge is -2.36. The highest BCUT2D eigenvalue weighted by atomic mass is 19.1. The number of piperazine rings is 1. The number of nitrogens with zero attached hydrogens (tertiary/aromatic N) is 3. The summed E-state index contributed by atoms with van der Waals surface area (Å²) in [5, 5.41) is 2.99. The molecule has 0 spiro atoms. The molecule has 2 heterocycles. The van der Waals surface area contributed by atoms with Crippen LogP contribution in [0.4, 0.5) is 4.39 Å². The maximum Gasteiger partial charge on any atom is 0.236 e. The van der Waals surface area contributed by atoms with Crippen LogP contribution in [0.25, 0.3) is 0 Å². The van der Waals surface area contributed by atoms with Crippen LogP contribution in [-0.4, -0.2) is 85.5 Å². The second kappa shape index (κ2) is 14.1. The number of hydrogen-bond acceptors (Lipinski definition) is 6. The second-order valence-electron chi connectivity index (χ2n) is 9.87. The molecule has 4 rings (SSSR count). The van der Waals surface area contributed by atoms with E-state index in [0.717, 1.165) is 50.0 Å². The van der Waals surface area contributed by atoms with E-state index in [4.69, 9.17) is 9.47 Å². The minimum atomic E-state index is -0.238. The highest BCUT2D eigenvalue weighted by molar-refractivity contribution is 5.81. The summed E-state index contributed by atoms with van der Waals surface area (Å²) >= 11 is 0. The van der Waals surface area contributed by atoms with E-state index >= 15 is 0 Å². The Balaban J connectivity index is 1.41. The van der Waals surface area contributed by atoms with Crippen LogP contribution in [0.15, 0.2) is 42.5 Å². The topological polar surface area (TPSA) is 74.3 Å². The second-order valence-corrected chi connectivity index (χ2v) is 9.87. The van der Waals surface area contributed by atoms with Crippen molar-refractivity contribution in [1.82, 2.24) is 20.0 Å². The lowest BCUT2D eigenvalue weighted by atomic mass is 10.1. The smallest absolute Gasteiger partial charge is 0.236 e. The van der Waals surface area contributed by atoms with Crippen molar-refractivity contribution in [3.63, 3.8) is 0 Å². The fourth-order valence-corrected chi connectivity index (χ4v) is 4.89. The molecule has 8 nitrogen and oxygen atoms in total. The molecule has 2 aromatic rings. The highest BCUT2D eigenvalue weighted by Gasteiger charge is 2.25. The molecule has 0 radical (unpaired) electrons. The van der Waals surface area contributed by atoms with E-state index in [0.29, 0.717) is 50.9 Å². The normalized spacial score (nSPS) is 18.3. The Labute approximate surface area is 224 Å². The van der Waals surface area contributed by atoms with Crippen molar-refractivity contribution in [3.8, 4) is 11.5 Å². The third kappa shape index (κ3) is 8.16. The minimum absolute atomic E-state index is 0.00646. The van der Waals surface area contributed by atoms with Gasteiger partial charge in [-0.15, -0.1) is 0 Å². The summed E-state index contributed by atoms with van der Waals surface area (Å²) in [5.41, 5.74) is 1.96. The van der Waals surface area contributed by atoms with Gasteiger partial charge in [0.15, 0.2) is 11.5 Å². The Hall–Kier alpha value is -3.17. The zero-order valence-corrected chi connectivity index (χ0v) is 22.3.